The molecule has 2 heterocycles. The Kier molecular flexibility index (Phi) is 4.37. The largest absolute Gasteiger partial charge is 0.417 e. The summed E-state index contributed by atoms with van der Waals surface area (Å²) in [5, 5.41) is 16.3. The van der Waals surface area contributed by atoms with E-state index in [4.69, 9.17) is 0 Å². The quantitative estimate of drug-likeness (QED) is 0.879. The van der Waals surface area contributed by atoms with E-state index in [1.54, 1.807) is 10.7 Å². The summed E-state index contributed by atoms with van der Waals surface area (Å²) in [6.45, 7) is 3.48. The third kappa shape index (κ3) is 3.18. The molecular weight excluding hydrogens is 301 g/mol. The maximum absolute atomic E-state index is 12.7. The van der Waals surface area contributed by atoms with Crippen LogP contribution in [0.1, 0.15) is 32.7 Å². The first-order valence-corrected chi connectivity index (χ1v) is 7.02. The minimum absolute atomic E-state index is 0.0435. The molecule has 1 aromatic heterocycles. The maximum Gasteiger partial charge on any atom is 0.417 e. The van der Waals surface area contributed by atoms with Crippen molar-refractivity contribution >= 4 is 11.8 Å². The maximum atomic E-state index is 12.7. The van der Waals surface area contributed by atoms with Crippen LogP contribution in [0.15, 0.2) is 12.3 Å². The van der Waals surface area contributed by atoms with Gasteiger partial charge in [0.1, 0.15) is 5.82 Å². The molecule has 0 bridgehead atoms. The highest BCUT2D eigenvalue weighted by Gasteiger charge is 2.54. The van der Waals surface area contributed by atoms with Gasteiger partial charge < -0.3 is 10.0 Å². The number of carbonyl (C=O) groups excluding carboxylic acids is 1. The molecule has 2 N–H and O–H groups in total. The van der Waals surface area contributed by atoms with E-state index < -0.39 is 30.7 Å². The Morgan fingerprint density at radius 3 is 2.50 bits per heavy atom. The highest BCUT2D eigenvalue weighted by Crippen LogP contribution is 2.38. The molecule has 2 rings (SSSR count). The Morgan fingerprint density at radius 2 is 2.00 bits per heavy atom. The normalized spacial score (nSPS) is 18.6. The molecule has 1 fully saturated rings. The van der Waals surface area contributed by atoms with E-state index in [2.05, 4.69) is 10.4 Å². The van der Waals surface area contributed by atoms with Gasteiger partial charge in [-0.3, -0.25) is 5.32 Å². The van der Waals surface area contributed by atoms with Crippen LogP contribution in [0.5, 0.6) is 0 Å². The molecule has 0 saturated carbocycles. The van der Waals surface area contributed by atoms with E-state index in [9.17, 15) is 23.1 Å². The third-order valence-corrected chi connectivity index (χ3v) is 3.80. The van der Waals surface area contributed by atoms with Crippen LogP contribution in [0.2, 0.25) is 0 Å². The highest BCUT2D eigenvalue weighted by atomic mass is 19.4. The van der Waals surface area contributed by atoms with Crippen molar-refractivity contribution < 1.29 is 23.1 Å². The minimum Gasteiger partial charge on any atom is -0.380 e. The Hall–Kier alpha value is -1.77. The lowest BCUT2D eigenvalue weighted by molar-refractivity contribution is -0.271. The predicted octanol–water partition coefficient (Wildman–Crippen LogP) is 2.39. The molecule has 1 aromatic rings. The van der Waals surface area contributed by atoms with Gasteiger partial charge in [0.05, 0.1) is 6.20 Å². The lowest BCUT2D eigenvalue weighted by Crippen LogP contribution is -2.55. The van der Waals surface area contributed by atoms with Crippen LogP contribution in [0.4, 0.5) is 23.8 Å². The summed E-state index contributed by atoms with van der Waals surface area (Å²) < 4.78 is 39.8. The minimum atomic E-state index is -4.67. The van der Waals surface area contributed by atoms with Crippen molar-refractivity contribution in [2.24, 2.45) is 0 Å². The van der Waals surface area contributed by atoms with Crippen LogP contribution in [0.3, 0.4) is 0 Å². The number of rotatable bonds is 2. The molecule has 1 aliphatic rings. The van der Waals surface area contributed by atoms with Gasteiger partial charge in [-0.15, -0.1) is 0 Å². The van der Waals surface area contributed by atoms with Gasteiger partial charge in [0, 0.05) is 38.0 Å². The molecule has 1 aliphatic heterocycles. The van der Waals surface area contributed by atoms with Crippen LogP contribution < -0.4 is 5.32 Å². The van der Waals surface area contributed by atoms with Crippen LogP contribution in [0.25, 0.3) is 0 Å². The first-order valence-electron chi connectivity index (χ1n) is 7.02. The number of urea groups is 1. The van der Waals surface area contributed by atoms with Crippen LogP contribution in [-0.2, 0) is 0 Å². The monoisotopic (exact) mass is 320 g/mol. The average Bonchev–Trinajstić information content (AvgIpc) is 2.86. The van der Waals surface area contributed by atoms with Gasteiger partial charge in [-0.2, -0.15) is 18.3 Å². The number of hydrogen-bond acceptors (Lipinski definition) is 3. The van der Waals surface area contributed by atoms with E-state index in [0.29, 0.717) is 5.82 Å². The zero-order valence-electron chi connectivity index (χ0n) is 12.4. The number of hydrogen-bond donors (Lipinski definition) is 2. The Morgan fingerprint density at radius 1 is 1.41 bits per heavy atom. The highest BCUT2D eigenvalue weighted by molar-refractivity contribution is 5.88. The van der Waals surface area contributed by atoms with Gasteiger partial charge in [-0.25, -0.2) is 9.48 Å². The fourth-order valence-electron chi connectivity index (χ4n) is 2.38. The van der Waals surface area contributed by atoms with Gasteiger partial charge in [-0.05, 0) is 13.8 Å². The van der Waals surface area contributed by atoms with Crippen molar-refractivity contribution in [2.75, 3.05) is 18.4 Å². The van der Waals surface area contributed by atoms with Crippen LogP contribution in [0, 0.1) is 0 Å². The summed E-state index contributed by atoms with van der Waals surface area (Å²) in [6, 6.07) is 1.17. The number of nitrogens with zero attached hydrogens (tertiary/aromatic N) is 3. The number of halogens is 3. The molecule has 0 spiro atoms. The van der Waals surface area contributed by atoms with Gasteiger partial charge in [0.15, 0.2) is 5.60 Å². The van der Waals surface area contributed by atoms with E-state index in [0.717, 1.165) is 0 Å². The fourth-order valence-corrected chi connectivity index (χ4v) is 2.38. The Balaban J connectivity index is 1.97. The smallest absolute Gasteiger partial charge is 0.380 e. The SMILES string of the molecule is CC(C)n1nccc1NC(=O)N1CCC(O)(C(F)(F)F)CC1. The molecule has 1 saturated heterocycles. The average molecular weight is 320 g/mol. The molecule has 9 heteroatoms. The van der Waals surface area contributed by atoms with Crippen LogP contribution >= 0.6 is 0 Å². The van der Waals surface area contributed by atoms with Gasteiger partial charge >= 0.3 is 12.2 Å². The molecule has 0 radical (unpaired) electrons. The lowest BCUT2D eigenvalue weighted by atomic mass is 9.91. The second-order valence-corrected chi connectivity index (χ2v) is 5.70. The standard InChI is InChI=1S/C13H19F3N4O2/c1-9(2)20-10(3-6-17-20)18-11(21)19-7-4-12(22,5-8-19)13(14,15)16/h3,6,9,22H,4-5,7-8H2,1-2H3,(H,18,21). The van der Waals surface area contributed by atoms with Crippen molar-refractivity contribution in [3.8, 4) is 0 Å². The lowest BCUT2D eigenvalue weighted by Gasteiger charge is -2.38. The first-order chi connectivity index (χ1) is 10.1. The summed E-state index contributed by atoms with van der Waals surface area (Å²) in [5.74, 6) is 0.483. The van der Waals surface area contributed by atoms with Gasteiger partial charge in [0.2, 0.25) is 0 Å². The van der Waals surface area contributed by atoms with Crippen molar-refractivity contribution in [3.05, 3.63) is 12.3 Å². The van der Waals surface area contributed by atoms with Crippen molar-refractivity contribution in [3.63, 3.8) is 0 Å². The Labute approximate surface area is 125 Å². The summed E-state index contributed by atoms with van der Waals surface area (Å²) in [5.41, 5.74) is -2.70. The van der Waals surface area contributed by atoms with Crippen molar-refractivity contribution in [1.29, 1.82) is 0 Å². The zero-order valence-corrected chi connectivity index (χ0v) is 12.4. The number of aromatic nitrogens is 2. The second-order valence-electron chi connectivity index (χ2n) is 5.70. The number of nitrogens with one attached hydrogen (secondary N) is 1. The topological polar surface area (TPSA) is 70.4 Å². The molecular formula is C13H19F3N4O2. The number of aliphatic hydroxyl groups is 1. The van der Waals surface area contributed by atoms with Crippen molar-refractivity contribution in [1.82, 2.24) is 14.7 Å². The third-order valence-electron chi connectivity index (χ3n) is 3.80. The van der Waals surface area contributed by atoms with Gasteiger partial charge in [-0.1, -0.05) is 0 Å². The summed E-state index contributed by atoms with van der Waals surface area (Å²) >= 11 is 0. The summed E-state index contributed by atoms with van der Waals surface area (Å²) in [7, 11) is 0. The fraction of sp³-hybridized carbons (Fsp3) is 0.692. The number of likely N-dealkylation sites (tertiary alicyclic amines) is 1. The molecule has 0 atom stereocenters. The number of anilines is 1. The van der Waals surface area contributed by atoms with Crippen LogP contribution in [-0.4, -0.2) is 50.7 Å². The number of alkyl halides is 3. The summed E-state index contributed by atoms with van der Waals surface area (Å²) in [6.07, 6.45) is -4.18. The molecule has 0 aromatic carbocycles. The predicted molar refractivity (Wildman–Crippen MR) is 73.4 cm³/mol. The van der Waals surface area contributed by atoms with E-state index >= 15 is 0 Å². The molecule has 6 nitrogen and oxygen atoms in total. The van der Waals surface area contributed by atoms with E-state index in [-0.39, 0.29) is 19.1 Å². The Bertz CT molecular complexity index is 534. The number of amides is 2. The molecule has 22 heavy (non-hydrogen) atoms. The van der Waals surface area contributed by atoms with E-state index in [1.165, 1.54) is 11.1 Å². The number of piperidine rings is 1. The molecule has 2 amide bonds. The van der Waals surface area contributed by atoms with E-state index in [1.807, 2.05) is 13.8 Å². The zero-order chi connectivity index (χ0) is 16.5. The summed E-state index contributed by atoms with van der Waals surface area (Å²) in [4.78, 5) is 13.4. The second kappa shape index (κ2) is 5.79. The first kappa shape index (κ1) is 16.6. The molecule has 0 aliphatic carbocycles. The van der Waals surface area contributed by atoms with Crippen molar-refractivity contribution in [2.45, 2.75) is 44.5 Å². The number of carbonyl (C=O) groups is 1. The van der Waals surface area contributed by atoms with Gasteiger partial charge in [0.25, 0.3) is 0 Å². The molecule has 124 valence electrons. The molecule has 0 unspecified atom stereocenters.